The molecule has 4 rings (SSSR count). The van der Waals surface area contributed by atoms with Crippen molar-refractivity contribution in [2.24, 2.45) is 0 Å². The summed E-state index contributed by atoms with van der Waals surface area (Å²) < 4.78 is 0. The Bertz CT molecular complexity index is 1370. The zero-order valence-corrected chi connectivity index (χ0v) is 25.1. The van der Waals surface area contributed by atoms with Crippen LogP contribution >= 0.6 is 21.6 Å². The summed E-state index contributed by atoms with van der Waals surface area (Å²) >= 11 is 0. The summed E-state index contributed by atoms with van der Waals surface area (Å²) in [5.41, 5.74) is 3.91. The third-order valence-corrected chi connectivity index (χ3v) is 8.82. The summed E-state index contributed by atoms with van der Waals surface area (Å²) in [6, 6.07) is 16.2. The summed E-state index contributed by atoms with van der Waals surface area (Å²) in [6.45, 7) is 2.37. The summed E-state index contributed by atoms with van der Waals surface area (Å²) in [5, 5.41) is 8.14. The molecule has 0 aliphatic carbocycles. The molecule has 2 heterocycles. The number of pyridine rings is 2. The fourth-order valence-corrected chi connectivity index (χ4v) is 6.44. The van der Waals surface area contributed by atoms with Crippen LogP contribution in [-0.4, -0.2) is 72.9 Å². The van der Waals surface area contributed by atoms with E-state index in [4.69, 9.17) is 0 Å². The molecule has 10 heteroatoms. The van der Waals surface area contributed by atoms with Crippen molar-refractivity contribution in [3.8, 4) is 0 Å². The van der Waals surface area contributed by atoms with Gasteiger partial charge in [-0.25, -0.2) is 0 Å². The molecule has 8 nitrogen and oxygen atoms in total. The SMILES string of the molecule is CN(C)CCC(=O)NCc1ccnc2c(SSc3cccc4c(CNC(=O)CCN(C)C)ccnc34)cccc12. The molecule has 2 amide bonds. The number of carbonyl (C=O) groups excluding carboxylic acids is 2. The van der Waals surface area contributed by atoms with Crippen LogP contribution < -0.4 is 10.6 Å². The Balaban J connectivity index is 1.47. The highest BCUT2D eigenvalue weighted by Gasteiger charge is 2.12. The van der Waals surface area contributed by atoms with Crippen molar-refractivity contribution in [3.05, 3.63) is 72.1 Å². The van der Waals surface area contributed by atoms with Gasteiger partial charge in [0.25, 0.3) is 0 Å². The molecule has 0 radical (unpaired) electrons. The third-order valence-electron chi connectivity index (χ3n) is 6.39. The number of nitrogens with zero attached hydrogens (tertiary/aromatic N) is 4. The van der Waals surface area contributed by atoms with Crippen LogP contribution in [-0.2, 0) is 22.7 Å². The van der Waals surface area contributed by atoms with Crippen LogP contribution in [0, 0.1) is 0 Å². The number of fused-ring (bicyclic) bond motifs is 2. The van der Waals surface area contributed by atoms with E-state index < -0.39 is 0 Å². The van der Waals surface area contributed by atoms with Crippen LogP contribution in [0.4, 0.5) is 0 Å². The Hall–Kier alpha value is -3.18. The van der Waals surface area contributed by atoms with Gasteiger partial charge in [0.1, 0.15) is 0 Å². The number of benzene rings is 2. The van der Waals surface area contributed by atoms with E-state index in [1.165, 1.54) is 0 Å². The molecular formula is C30H36N6O2S2. The molecule has 0 saturated carbocycles. The van der Waals surface area contributed by atoms with Gasteiger partial charge in [-0.1, -0.05) is 45.9 Å². The number of aromatic nitrogens is 2. The van der Waals surface area contributed by atoms with Crippen molar-refractivity contribution >= 4 is 55.2 Å². The summed E-state index contributed by atoms with van der Waals surface area (Å²) in [4.78, 5) is 39.9. The minimum Gasteiger partial charge on any atom is -0.352 e. The molecule has 4 aromatic rings. The van der Waals surface area contributed by atoms with E-state index in [1.54, 1.807) is 34.0 Å². The lowest BCUT2D eigenvalue weighted by Gasteiger charge is -2.13. The number of carbonyl (C=O) groups is 2. The summed E-state index contributed by atoms with van der Waals surface area (Å²) in [6.07, 6.45) is 4.54. The van der Waals surface area contributed by atoms with Crippen LogP contribution in [0.25, 0.3) is 21.8 Å². The van der Waals surface area contributed by atoms with Crippen molar-refractivity contribution in [1.82, 2.24) is 30.4 Å². The van der Waals surface area contributed by atoms with Gasteiger partial charge in [0.05, 0.1) is 11.0 Å². The average Bonchev–Trinajstić information content (AvgIpc) is 2.95. The molecule has 0 unspecified atom stereocenters. The number of rotatable bonds is 13. The molecule has 0 aliphatic heterocycles. The van der Waals surface area contributed by atoms with Crippen LogP contribution in [0.5, 0.6) is 0 Å². The first-order chi connectivity index (χ1) is 19.3. The predicted molar refractivity (Wildman–Crippen MR) is 165 cm³/mol. The van der Waals surface area contributed by atoms with Gasteiger partial charge in [-0.15, -0.1) is 0 Å². The van der Waals surface area contributed by atoms with Gasteiger partial charge < -0.3 is 20.4 Å². The lowest BCUT2D eigenvalue weighted by molar-refractivity contribution is -0.122. The van der Waals surface area contributed by atoms with E-state index >= 15 is 0 Å². The smallest absolute Gasteiger partial charge is 0.221 e. The van der Waals surface area contributed by atoms with Gasteiger partial charge in [-0.05, 0) is 63.6 Å². The molecule has 210 valence electrons. The number of hydrogen-bond acceptors (Lipinski definition) is 8. The van der Waals surface area contributed by atoms with E-state index in [2.05, 4.69) is 44.9 Å². The lowest BCUT2D eigenvalue weighted by atomic mass is 10.1. The Labute approximate surface area is 243 Å². The largest absolute Gasteiger partial charge is 0.352 e. The second kappa shape index (κ2) is 14.5. The second-order valence-corrected chi connectivity index (χ2v) is 12.3. The maximum Gasteiger partial charge on any atom is 0.221 e. The molecule has 0 saturated heterocycles. The van der Waals surface area contributed by atoms with Crippen molar-refractivity contribution in [3.63, 3.8) is 0 Å². The fraction of sp³-hybridized carbons (Fsp3) is 0.333. The summed E-state index contributed by atoms with van der Waals surface area (Å²) in [5.74, 6) is 0.0754. The topological polar surface area (TPSA) is 90.5 Å². The Morgan fingerprint density at radius 1 is 0.675 bits per heavy atom. The van der Waals surface area contributed by atoms with E-state index in [9.17, 15) is 9.59 Å². The van der Waals surface area contributed by atoms with E-state index in [1.807, 2.05) is 62.3 Å². The molecule has 2 aromatic heterocycles. The minimum absolute atomic E-state index is 0.0377. The fourth-order valence-electron chi connectivity index (χ4n) is 4.16. The zero-order chi connectivity index (χ0) is 28.5. The molecular weight excluding hydrogens is 541 g/mol. The van der Waals surface area contributed by atoms with Gasteiger partial charge in [0.15, 0.2) is 0 Å². The standard InChI is InChI=1S/C30H36N6O2S2/c1-35(2)17-13-27(37)33-19-21-11-15-31-29-23(21)7-5-9-25(29)39-40-26-10-6-8-24-22(12-16-32-30(24)26)20-34-28(38)14-18-36(3)4/h5-12,15-16H,13-14,17-20H2,1-4H3,(H,33,37)(H,34,38). The molecule has 2 N–H and O–H groups in total. The van der Waals surface area contributed by atoms with Gasteiger partial charge >= 0.3 is 0 Å². The van der Waals surface area contributed by atoms with Gasteiger partial charge in [0.2, 0.25) is 11.8 Å². The molecule has 40 heavy (non-hydrogen) atoms. The van der Waals surface area contributed by atoms with Crippen LogP contribution in [0.2, 0.25) is 0 Å². The highest BCUT2D eigenvalue weighted by Crippen LogP contribution is 2.42. The third kappa shape index (κ3) is 8.17. The second-order valence-electron chi connectivity index (χ2n) is 10.1. The van der Waals surface area contributed by atoms with Crippen molar-refractivity contribution in [1.29, 1.82) is 0 Å². The molecule has 0 fully saturated rings. The first kappa shape index (κ1) is 29.8. The predicted octanol–water partition coefficient (Wildman–Crippen LogP) is 4.72. The number of hydrogen-bond donors (Lipinski definition) is 2. The van der Waals surface area contributed by atoms with Crippen molar-refractivity contribution in [2.75, 3.05) is 41.3 Å². The normalized spacial score (nSPS) is 11.4. The van der Waals surface area contributed by atoms with Gasteiger partial charge in [-0.3, -0.25) is 19.6 Å². The Morgan fingerprint density at radius 3 is 1.50 bits per heavy atom. The molecule has 2 aromatic carbocycles. The molecule has 0 bridgehead atoms. The maximum absolute atomic E-state index is 12.3. The number of amides is 2. The maximum atomic E-state index is 12.3. The quantitative estimate of drug-likeness (QED) is 0.221. The van der Waals surface area contributed by atoms with Crippen LogP contribution in [0.15, 0.2) is 70.7 Å². The first-order valence-corrected chi connectivity index (χ1v) is 15.4. The van der Waals surface area contributed by atoms with Gasteiger partial charge in [-0.2, -0.15) is 0 Å². The van der Waals surface area contributed by atoms with E-state index in [0.29, 0.717) is 25.9 Å². The Morgan fingerprint density at radius 2 is 1.10 bits per heavy atom. The average molecular weight is 577 g/mol. The number of nitrogens with one attached hydrogen (secondary N) is 2. The molecule has 0 spiro atoms. The lowest BCUT2D eigenvalue weighted by Crippen LogP contribution is -2.27. The molecule has 0 aliphatic rings. The summed E-state index contributed by atoms with van der Waals surface area (Å²) in [7, 11) is 11.1. The monoisotopic (exact) mass is 576 g/mol. The van der Waals surface area contributed by atoms with Gasteiger partial charge in [0, 0.05) is 72.0 Å². The first-order valence-electron chi connectivity index (χ1n) is 13.2. The van der Waals surface area contributed by atoms with E-state index in [-0.39, 0.29) is 11.8 Å². The highest BCUT2D eigenvalue weighted by atomic mass is 33.1. The van der Waals surface area contributed by atoms with Crippen LogP contribution in [0.1, 0.15) is 24.0 Å². The minimum atomic E-state index is 0.0377. The Kier molecular flexibility index (Phi) is 10.8. The number of para-hydroxylation sites is 2. The van der Waals surface area contributed by atoms with Crippen LogP contribution in [0.3, 0.4) is 0 Å². The van der Waals surface area contributed by atoms with E-state index in [0.717, 1.165) is 55.8 Å². The van der Waals surface area contributed by atoms with Crippen molar-refractivity contribution < 1.29 is 9.59 Å². The zero-order valence-electron chi connectivity index (χ0n) is 23.4. The highest BCUT2D eigenvalue weighted by molar-refractivity contribution is 8.76. The van der Waals surface area contributed by atoms with Crippen molar-refractivity contribution in [2.45, 2.75) is 35.7 Å². The molecule has 0 atom stereocenters.